The van der Waals surface area contributed by atoms with Crippen LogP contribution < -0.4 is 5.56 Å². The molecule has 0 bridgehead atoms. The molecule has 236 valence electrons. The number of piperazine rings is 1. The van der Waals surface area contributed by atoms with Crippen LogP contribution >= 0.6 is 0 Å². The van der Waals surface area contributed by atoms with E-state index >= 15 is 0 Å². The first-order valence-electron chi connectivity index (χ1n) is 13.4. The second kappa shape index (κ2) is 14.9. The molecule has 1 aliphatic rings. The molecule has 1 aromatic heterocycles. The van der Waals surface area contributed by atoms with Crippen LogP contribution in [0.3, 0.4) is 0 Å². The maximum atomic E-state index is 13.9. The monoisotopic (exact) mass is 629 g/mol. The lowest BCUT2D eigenvalue weighted by Gasteiger charge is -2.33. The average molecular weight is 630 g/mol. The van der Waals surface area contributed by atoms with Gasteiger partial charge in [0, 0.05) is 39.3 Å². The quantitative estimate of drug-likeness (QED) is 0.250. The molecule has 17 heteroatoms. The van der Waals surface area contributed by atoms with Gasteiger partial charge in [0.05, 0.1) is 30.4 Å². The van der Waals surface area contributed by atoms with Crippen LogP contribution in [0.1, 0.15) is 17.5 Å². The number of rotatable bonds is 13. The largest absolute Gasteiger partial charge is 0.493 e. The van der Waals surface area contributed by atoms with Crippen molar-refractivity contribution in [1.29, 1.82) is 5.26 Å². The Bertz CT molecular complexity index is 1480. The Morgan fingerprint density at radius 3 is 2.28 bits per heavy atom. The molecular weight excluding hydrogens is 595 g/mol. The fraction of sp³-hybridized carbons (Fsp3) is 0.538. The van der Waals surface area contributed by atoms with Crippen molar-refractivity contribution in [2.45, 2.75) is 24.0 Å². The van der Waals surface area contributed by atoms with Crippen molar-refractivity contribution in [2.24, 2.45) is 10.2 Å². The Morgan fingerprint density at radius 1 is 1.07 bits per heavy atom. The summed E-state index contributed by atoms with van der Waals surface area (Å²) in [6.45, 7) is 2.93. The highest BCUT2D eigenvalue weighted by Crippen LogP contribution is 2.43. The summed E-state index contributed by atoms with van der Waals surface area (Å²) < 4.78 is 75.3. The van der Waals surface area contributed by atoms with Crippen LogP contribution in [0, 0.1) is 11.3 Å². The van der Waals surface area contributed by atoms with Gasteiger partial charge in [-0.05, 0) is 51.3 Å². The van der Waals surface area contributed by atoms with Gasteiger partial charge in [-0.1, -0.05) is 0 Å². The summed E-state index contributed by atoms with van der Waals surface area (Å²) in [5, 5.41) is 36.1. The number of aromatic hydroxyl groups is 1. The topological polar surface area (TPSA) is 164 Å². The van der Waals surface area contributed by atoms with Crippen LogP contribution in [0.4, 0.5) is 24.5 Å². The van der Waals surface area contributed by atoms with E-state index in [4.69, 9.17) is 9.84 Å². The Kier molecular flexibility index (Phi) is 11.8. The molecule has 0 unspecified atom stereocenters. The maximum absolute atomic E-state index is 13.9. The van der Waals surface area contributed by atoms with Crippen molar-refractivity contribution in [3.8, 4) is 11.9 Å². The van der Waals surface area contributed by atoms with Gasteiger partial charge in [0.1, 0.15) is 17.2 Å². The van der Waals surface area contributed by atoms with E-state index in [1.165, 1.54) is 34.6 Å². The fourth-order valence-electron chi connectivity index (χ4n) is 4.42. The number of benzene rings is 1. The van der Waals surface area contributed by atoms with Crippen LogP contribution in [0.2, 0.25) is 0 Å². The van der Waals surface area contributed by atoms with E-state index in [2.05, 4.69) is 10.2 Å². The third-order valence-corrected chi connectivity index (χ3v) is 8.57. The zero-order valence-electron chi connectivity index (χ0n) is 23.8. The smallest absolute Gasteiger partial charge is 0.420 e. The summed E-state index contributed by atoms with van der Waals surface area (Å²) in [6.07, 6.45) is -4.91. The van der Waals surface area contributed by atoms with E-state index in [1.54, 1.807) is 19.0 Å². The van der Waals surface area contributed by atoms with Crippen molar-refractivity contribution >= 4 is 21.4 Å². The number of hydrogen-bond donors (Lipinski definition) is 2. The minimum absolute atomic E-state index is 0.0250. The standard InChI is InChI=1S/C26H34F3N7O6S/c1-33(2)8-3-9-36-24(38)21(18-30)22(26(27,28)29)23(25(36)39)32-31-19-4-6-20(7-5-19)43(40,41)35-12-10-34(11-13-35)14-16-42-17-15-37/h4-7,37,39H,3,8-17H2,1-2H3/b32-31+. The zero-order chi connectivity index (χ0) is 31.8. The Morgan fingerprint density at radius 2 is 1.72 bits per heavy atom. The molecule has 0 atom stereocenters. The molecule has 2 N–H and O–H groups in total. The van der Waals surface area contributed by atoms with Gasteiger partial charge in [0.25, 0.3) is 5.56 Å². The molecule has 13 nitrogen and oxygen atoms in total. The highest BCUT2D eigenvalue weighted by atomic mass is 32.2. The van der Waals surface area contributed by atoms with Crippen molar-refractivity contribution < 1.29 is 36.5 Å². The van der Waals surface area contributed by atoms with E-state index in [0.717, 1.165) is 0 Å². The maximum Gasteiger partial charge on any atom is 0.420 e. The SMILES string of the molecule is CN(C)CCCn1c(O)c(/N=N/c2ccc(S(=O)(=O)N3CCN(CCOCCO)CC3)cc2)c(C(F)(F)F)c(C#N)c1=O. The number of halogens is 3. The molecular formula is C26H34F3N7O6S. The van der Waals surface area contributed by atoms with Gasteiger partial charge in [-0.3, -0.25) is 14.3 Å². The van der Waals surface area contributed by atoms with Crippen LogP contribution in [0.25, 0.3) is 0 Å². The third-order valence-electron chi connectivity index (χ3n) is 6.65. The molecule has 1 aliphatic heterocycles. The van der Waals surface area contributed by atoms with Crippen LogP contribution in [0.5, 0.6) is 5.88 Å². The molecule has 2 aromatic rings. The lowest BCUT2D eigenvalue weighted by atomic mass is 10.1. The number of alkyl halides is 3. The lowest BCUT2D eigenvalue weighted by molar-refractivity contribution is -0.137. The number of hydrogen-bond acceptors (Lipinski definition) is 11. The number of aliphatic hydroxyl groups is 1. The number of sulfonamides is 1. The van der Waals surface area contributed by atoms with Gasteiger partial charge < -0.3 is 19.8 Å². The number of ether oxygens (including phenoxy) is 1. The third kappa shape index (κ3) is 8.59. The Labute approximate surface area is 247 Å². The molecule has 0 amide bonds. The molecule has 0 radical (unpaired) electrons. The number of azo groups is 1. The number of nitrogens with zero attached hydrogens (tertiary/aromatic N) is 7. The first-order valence-corrected chi connectivity index (χ1v) is 14.8. The van der Waals surface area contributed by atoms with Crippen LogP contribution in [-0.2, 0) is 27.5 Å². The summed E-state index contributed by atoms with van der Waals surface area (Å²) in [7, 11) is -0.350. The highest BCUT2D eigenvalue weighted by Gasteiger charge is 2.41. The Balaban J connectivity index is 1.83. The molecule has 0 aliphatic carbocycles. The summed E-state index contributed by atoms with van der Waals surface area (Å²) in [5.41, 5.74) is -5.34. The molecule has 3 rings (SSSR count). The van der Waals surface area contributed by atoms with E-state index in [9.17, 15) is 36.8 Å². The van der Waals surface area contributed by atoms with Gasteiger partial charge in [0.15, 0.2) is 5.69 Å². The van der Waals surface area contributed by atoms with E-state index in [-0.39, 0.29) is 49.9 Å². The van der Waals surface area contributed by atoms with E-state index in [0.29, 0.717) is 37.4 Å². The molecule has 0 spiro atoms. The van der Waals surface area contributed by atoms with Crippen molar-refractivity contribution in [1.82, 2.24) is 18.7 Å². The summed E-state index contributed by atoms with van der Waals surface area (Å²) in [4.78, 5) is 16.4. The van der Waals surface area contributed by atoms with Gasteiger partial charge in [-0.25, -0.2) is 8.42 Å². The van der Waals surface area contributed by atoms with Crippen molar-refractivity contribution in [3.63, 3.8) is 0 Å². The van der Waals surface area contributed by atoms with E-state index in [1.807, 2.05) is 4.90 Å². The van der Waals surface area contributed by atoms with Gasteiger partial charge in [0.2, 0.25) is 15.9 Å². The second-order valence-electron chi connectivity index (χ2n) is 9.92. The predicted molar refractivity (Wildman–Crippen MR) is 149 cm³/mol. The average Bonchev–Trinajstić information content (AvgIpc) is 2.96. The minimum atomic E-state index is -5.20. The van der Waals surface area contributed by atoms with Crippen LogP contribution in [-0.4, -0.2) is 110 Å². The van der Waals surface area contributed by atoms with Crippen molar-refractivity contribution in [3.05, 3.63) is 45.7 Å². The normalized spacial score (nSPS) is 15.4. The molecule has 1 fully saturated rings. The molecule has 1 saturated heterocycles. The summed E-state index contributed by atoms with van der Waals surface area (Å²) in [5.74, 6) is -1.09. The molecule has 43 heavy (non-hydrogen) atoms. The lowest BCUT2D eigenvalue weighted by Crippen LogP contribution is -2.49. The summed E-state index contributed by atoms with van der Waals surface area (Å²) in [6, 6.07) is 6.25. The van der Waals surface area contributed by atoms with Gasteiger partial charge in [-0.2, -0.15) is 27.9 Å². The first kappa shape index (κ1) is 34.1. The van der Waals surface area contributed by atoms with Gasteiger partial charge in [-0.15, -0.1) is 5.11 Å². The summed E-state index contributed by atoms with van der Waals surface area (Å²) >= 11 is 0. The number of pyridine rings is 1. The first-order chi connectivity index (χ1) is 20.3. The number of nitriles is 1. The highest BCUT2D eigenvalue weighted by molar-refractivity contribution is 7.89. The predicted octanol–water partition coefficient (Wildman–Crippen LogP) is 2.13. The molecule has 1 aromatic carbocycles. The number of aliphatic hydroxyl groups excluding tert-OH is 1. The zero-order valence-corrected chi connectivity index (χ0v) is 24.6. The van der Waals surface area contributed by atoms with Crippen LogP contribution in [0.15, 0.2) is 44.2 Å². The molecule has 0 saturated carbocycles. The van der Waals surface area contributed by atoms with Crippen molar-refractivity contribution in [2.75, 3.05) is 73.2 Å². The van der Waals surface area contributed by atoms with E-state index < -0.39 is 44.5 Å². The van der Waals surface area contributed by atoms with Gasteiger partial charge >= 0.3 is 6.18 Å². The Hall–Kier alpha value is -3.40. The fourth-order valence-corrected chi connectivity index (χ4v) is 5.84. The second-order valence-corrected chi connectivity index (χ2v) is 11.9. The number of aromatic nitrogens is 1. The molecule has 2 heterocycles. The minimum Gasteiger partial charge on any atom is -0.493 e.